The number of nitriles is 1. The molecule has 9 heteroatoms. The van der Waals surface area contributed by atoms with E-state index in [1.54, 1.807) is 0 Å². The van der Waals surface area contributed by atoms with E-state index >= 15 is 0 Å². The molecule has 1 saturated carbocycles. The second kappa shape index (κ2) is 5.05. The molecular weight excluding hydrogens is 319 g/mol. The first-order valence-electron chi connectivity index (χ1n) is 6.05. The zero-order valence-corrected chi connectivity index (χ0v) is 12.8. The van der Waals surface area contributed by atoms with Crippen LogP contribution in [-0.2, 0) is 19.9 Å². The summed E-state index contributed by atoms with van der Waals surface area (Å²) in [5.74, 6) is -1.07. The fraction of sp³-hybridized carbons (Fsp3) is 0.417. The third-order valence-corrected chi connectivity index (χ3v) is 6.03. The minimum atomic E-state index is -4.32. The summed E-state index contributed by atoms with van der Waals surface area (Å²) in [6, 6.07) is 4.41. The van der Waals surface area contributed by atoms with Crippen LogP contribution in [0, 0.1) is 17.1 Å². The molecule has 2 rings (SSSR count). The number of benzene rings is 1. The Morgan fingerprint density at radius 3 is 2.33 bits per heavy atom. The van der Waals surface area contributed by atoms with Gasteiger partial charge in [0.25, 0.3) is 0 Å². The van der Waals surface area contributed by atoms with Crippen molar-refractivity contribution in [3.05, 3.63) is 24.0 Å². The smallest absolute Gasteiger partial charge is 0.224 e. The van der Waals surface area contributed by atoms with Crippen LogP contribution in [0.5, 0.6) is 0 Å². The maximum Gasteiger partial charge on any atom is 0.244 e. The summed E-state index contributed by atoms with van der Waals surface area (Å²) in [4.78, 5) is -1.07. The van der Waals surface area contributed by atoms with E-state index in [1.165, 1.54) is 0 Å². The minimum Gasteiger partial charge on any atom is -0.224 e. The van der Waals surface area contributed by atoms with E-state index in [2.05, 4.69) is 4.72 Å². The summed E-state index contributed by atoms with van der Waals surface area (Å²) in [5.41, 5.74) is -1.23. The first-order chi connectivity index (χ1) is 9.60. The Balaban J connectivity index is 2.48. The lowest BCUT2D eigenvalue weighted by molar-refractivity contribution is 0.296. The highest BCUT2D eigenvalue weighted by Crippen LogP contribution is 2.33. The summed E-state index contributed by atoms with van der Waals surface area (Å²) in [7, 11) is -7.98. The standard InChI is InChI=1S/C12H13FN2O4S2/c1-20(16,17)9-3-4-10(13)11(7-9)21(18,19)15-12(8-14)5-2-6-12/h3-4,7,15H,2,5-6H2,1H3. The Labute approximate surface area is 122 Å². The molecule has 0 aromatic heterocycles. The van der Waals surface area contributed by atoms with Crippen LogP contribution < -0.4 is 4.72 Å². The number of sulfone groups is 1. The Hall–Kier alpha value is -1.50. The molecule has 0 bridgehead atoms. The van der Waals surface area contributed by atoms with Crippen LogP contribution in [0.15, 0.2) is 28.0 Å². The fourth-order valence-corrected chi connectivity index (χ4v) is 4.20. The van der Waals surface area contributed by atoms with Crippen molar-refractivity contribution in [2.45, 2.75) is 34.6 Å². The molecule has 6 nitrogen and oxygen atoms in total. The second-order valence-corrected chi connectivity index (χ2v) is 8.68. The van der Waals surface area contributed by atoms with Crippen molar-refractivity contribution >= 4 is 19.9 Å². The molecule has 0 amide bonds. The van der Waals surface area contributed by atoms with Crippen LogP contribution in [0.25, 0.3) is 0 Å². The molecule has 1 aliphatic rings. The Morgan fingerprint density at radius 2 is 1.90 bits per heavy atom. The maximum atomic E-state index is 13.8. The van der Waals surface area contributed by atoms with E-state index in [-0.39, 0.29) is 4.90 Å². The second-order valence-electron chi connectivity index (χ2n) is 5.02. The van der Waals surface area contributed by atoms with Crippen molar-refractivity contribution in [2.24, 2.45) is 0 Å². The van der Waals surface area contributed by atoms with Gasteiger partial charge >= 0.3 is 0 Å². The van der Waals surface area contributed by atoms with Crippen molar-refractivity contribution in [1.82, 2.24) is 4.72 Å². The van der Waals surface area contributed by atoms with Crippen molar-refractivity contribution in [3.63, 3.8) is 0 Å². The molecule has 0 heterocycles. The van der Waals surface area contributed by atoms with Crippen LogP contribution in [-0.4, -0.2) is 28.6 Å². The topological polar surface area (TPSA) is 104 Å². The van der Waals surface area contributed by atoms with Crippen LogP contribution in [0.1, 0.15) is 19.3 Å². The van der Waals surface area contributed by atoms with E-state index < -0.39 is 36.1 Å². The molecule has 114 valence electrons. The Morgan fingerprint density at radius 1 is 1.29 bits per heavy atom. The van der Waals surface area contributed by atoms with Gasteiger partial charge in [-0.3, -0.25) is 0 Å². The van der Waals surface area contributed by atoms with Crippen LogP contribution in [0.2, 0.25) is 0 Å². The molecule has 0 spiro atoms. The number of halogens is 1. The predicted octanol–water partition coefficient (Wildman–Crippen LogP) is 0.954. The maximum absolute atomic E-state index is 13.8. The van der Waals surface area contributed by atoms with E-state index in [4.69, 9.17) is 5.26 Å². The molecular formula is C12H13FN2O4S2. The highest BCUT2D eigenvalue weighted by molar-refractivity contribution is 7.91. The summed E-state index contributed by atoms with van der Waals surface area (Å²) in [6.45, 7) is 0. The average molecular weight is 332 g/mol. The zero-order chi connectivity index (χ0) is 15.9. The van der Waals surface area contributed by atoms with Gasteiger partial charge in [0.2, 0.25) is 10.0 Å². The summed E-state index contributed by atoms with van der Waals surface area (Å²) in [5, 5.41) is 9.03. The van der Waals surface area contributed by atoms with Gasteiger partial charge in [-0.05, 0) is 37.5 Å². The largest absolute Gasteiger partial charge is 0.244 e. The molecule has 21 heavy (non-hydrogen) atoms. The number of hydrogen-bond donors (Lipinski definition) is 1. The normalized spacial score (nSPS) is 17.8. The van der Waals surface area contributed by atoms with Crippen molar-refractivity contribution in [1.29, 1.82) is 5.26 Å². The first kappa shape index (κ1) is 15.9. The van der Waals surface area contributed by atoms with Crippen molar-refractivity contribution < 1.29 is 21.2 Å². The fourth-order valence-electron chi connectivity index (χ4n) is 2.00. The van der Waals surface area contributed by atoms with Gasteiger partial charge in [0.05, 0.1) is 11.0 Å². The van der Waals surface area contributed by atoms with Gasteiger partial charge in [0.1, 0.15) is 16.3 Å². The molecule has 0 atom stereocenters. The average Bonchev–Trinajstić information content (AvgIpc) is 2.32. The van der Waals surface area contributed by atoms with Crippen LogP contribution in [0.4, 0.5) is 4.39 Å². The van der Waals surface area contributed by atoms with E-state index in [0.717, 1.165) is 24.5 Å². The van der Waals surface area contributed by atoms with Gasteiger partial charge in [-0.2, -0.15) is 9.98 Å². The highest BCUT2D eigenvalue weighted by atomic mass is 32.2. The van der Waals surface area contributed by atoms with Gasteiger partial charge in [0, 0.05) is 6.26 Å². The van der Waals surface area contributed by atoms with E-state index in [0.29, 0.717) is 19.3 Å². The molecule has 1 aromatic rings. The van der Waals surface area contributed by atoms with Crippen LogP contribution in [0.3, 0.4) is 0 Å². The number of nitrogens with zero attached hydrogens (tertiary/aromatic N) is 1. The van der Waals surface area contributed by atoms with E-state index in [1.807, 2.05) is 6.07 Å². The highest BCUT2D eigenvalue weighted by Gasteiger charge is 2.41. The Kier molecular flexibility index (Phi) is 3.82. The molecule has 1 N–H and O–H groups in total. The quantitative estimate of drug-likeness (QED) is 0.827. The molecule has 0 saturated heterocycles. The summed E-state index contributed by atoms with van der Waals surface area (Å²) < 4.78 is 63.2. The van der Waals surface area contributed by atoms with Crippen LogP contribution >= 0.6 is 0 Å². The summed E-state index contributed by atoms with van der Waals surface area (Å²) in [6.07, 6.45) is 2.28. The predicted molar refractivity (Wildman–Crippen MR) is 72.0 cm³/mol. The van der Waals surface area contributed by atoms with Gasteiger partial charge < -0.3 is 0 Å². The third-order valence-electron chi connectivity index (χ3n) is 3.37. The monoisotopic (exact) mass is 332 g/mol. The molecule has 1 aliphatic carbocycles. The molecule has 1 fully saturated rings. The molecule has 0 radical (unpaired) electrons. The first-order valence-corrected chi connectivity index (χ1v) is 9.42. The molecule has 1 aromatic carbocycles. The number of nitrogens with one attached hydrogen (secondary N) is 1. The lowest BCUT2D eigenvalue weighted by Crippen LogP contribution is -2.52. The van der Waals surface area contributed by atoms with Crippen molar-refractivity contribution in [2.75, 3.05) is 6.26 Å². The third kappa shape index (κ3) is 3.07. The molecule has 0 aliphatic heterocycles. The molecule has 0 unspecified atom stereocenters. The van der Waals surface area contributed by atoms with Gasteiger partial charge in [-0.25, -0.2) is 21.2 Å². The van der Waals surface area contributed by atoms with E-state index in [9.17, 15) is 21.2 Å². The Bertz CT molecular complexity index is 821. The van der Waals surface area contributed by atoms with Crippen molar-refractivity contribution in [3.8, 4) is 6.07 Å². The lowest BCUT2D eigenvalue weighted by atomic mass is 9.79. The number of rotatable bonds is 4. The summed E-state index contributed by atoms with van der Waals surface area (Å²) >= 11 is 0. The number of hydrogen-bond acceptors (Lipinski definition) is 5. The number of sulfonamides is 1. The van der Waals surface area contributed by atoms with Gasteiger partial charge in [-0.15, -0.1) is 0 Å². The zero-order valence-electron chi connectivity index (χ0n) is 11.1. The van der Waals surface area contributed by atoms with Gasteiger partial charge in [0.15, 0.2) is 9.84 Å². The SMILES string of the molecule is CS(=O)(=O)c1ccc(F)c(S(=O)(=O)NC2(C#N)CCC2)c1. The van der Waals surface area contributed by atoms with Gasteiger partial charge in [-0.1, -0.05) is 0 Å². The minimum absolute atomic E-state index is 0.302. The lowest BCUT2D eigenvalue weighted by Gasteiger charge is -2.35.